The van der Waals surface area contributed by atoms with Gasteiger partial charge in [-0.2, -0.15) is 5.10 Å². The van der Waals surface area contributed by atoms with E-state index in [1.165, 1.54) is 0 Å². The van der Waals surface area contributed by atoms with Gasteiger partial charge in [-0.15, -0.1) is 0 Å². The lowest BCUT2D eigenvalue weighted by Gasteiger charge is -2.28. The number of rotatable bonds is 6. The van der Waals surface area contributed by atoms with Crippen LogP contribution in [0.5, 0.6) is 0 Å². The fourth-order valence-electron chi connectivity index (χ4n) is 3.73. The predicted octanol–water partition coefficient (Wildman–Crippen LogP) is 2.15. The molecule has 132 valence electrons. The van der Waals surface area contributed by atoms with Gasteiger partial charge >= 0.3 is 0 Å². The van der Waals surface area contributed by atoms with Crippen LogP contribution in [0.4, 0.5) is 4.39 Å². The number of hydrogen-bond acceptors (Lipinski definition) is 3. The van der Waals surface area contributed by atoms with E-state index in [9.17, 15) is 9.18 Å². The molecule has 1 aromatic heterocycles. The molecule has 6 heteroatoms. The van der Waals surface area contributed by atoms with E-state index in [4.69, 9.17) is 0 Å². The largest absolute Gasteiger partial charge is 0.344 e. The van der Waals surface area contributed by atoms with E-state index >= 15 is 0 Å². The van der Waals surface area contributed by atoms with Gasteiger partial charge < -0.3 is 4.90 Å². The van der Waals surface area contributed by atoms with Gasteiger partial charge in [-0.25, -0.2) is 4.39 Å². The number of likely N-dealkylation sites (tertiary alicyclic amines) is 1. The second kappa shape index (κ2) is 7.47. The first-order valence-electron chi connectivity index (χ1n) is 8.78. The number of carbonyl (C=O) groups excluding carboxylic acids is 1. The monoisotopic (exact) mass is 334 g/mol. The lowest BCUT2D eigenvalue weighted by Crippen LogP contribution is -2.41. The highest BCUT2D eigenvalue weighted by Crippen LogP contribution is 2.25. The predicted molar refractivity (Wildman–Crippen MR) is 91.0 cm³/mol. The van der Waals surface area contributed by atoms with Crippen LogP contribution in [0.1, 0.15) is 31.4 Å². The number of allylic oxidation sites excluding steroid dienone is 2. The van der Waals surface area contributed by atoms with Crippen molar-refractivity contribution in [1.29, 1.82) is 0 Å². The van der Waals surface area contributed by atoms with Crippen molar-refractivity contribution in [2.24, 2.45) is 13.0 Å². The minimum absolute atomic E-state index is 0.0722. The van der Waals surface area contributed by atoms with Crippen molar-refractivity contribution in [2.75, 3.05) is 20.1 Å². The highest BCUT2D eigenvalue weighted by atomic mass is 19.1. The Morgan fingerprint density at radius 2 is 2.33 bits per heavy atom. The van der Waals surface area contributed by atoms with Gasteiger partial charge in [-0.05, 0) is 31.2 Å². The van der Waals surface area contributed by atoms with Crippen LogP contribution in [0.2, 0.25) is 0 Å². The van der Waals surface area contributed by atoms with Crippen LogP contribution in [0.25, 0.3) is 0 Å². The highest BCUT2D eigenvalue weighted by Gasteiger charge is 2.34. The molecular formula is C18H27FN4O. The third-order valence-corrected chi connectivity index (χ3v) is 5.22. The van der Waals surface area contributed by atoms with Gasteiger partial charge in [0.05, 0.1) is 5.69 Å². The van der Waals surface area contributed by atoms with Crippen molar-refractivity contribution in [2.45, 2.75) is 44.4 Å². The van der Waals surface area contributed by atoms with Crippen LogP contribution in [-0.4, -0.2) is 57.8 Å². The third-order valence-electron chi connectivity index (χ3n) is 5.22. The van der Waals surface area contributed by atoms with E-state index < -0.39 is 6.17 Å². The summed E-state index contributed by atoms with van der Waals surface area (Å²) >= 11 is 0. The molecule has 0 radical (unpaired) electrons. The Morgan fingerprint density at radius 3 is 3.00 bits per heavy atom. The second-order valence-electron chi connectivity index (χ2n) is 7.11. The zero-order valence-electron chi connectivity index (χ0n) is 14.6. The van der Waals surface area contributed by atoms with Gasteiger partial charge in [0.15, 0.2) is 0 Å². The number of aromatic nitrogens is 2. The number of amides is 1. The summed E-state index contributed by atoms with van der Waals surface area (Å²) in [7, 11) is 3.74. The van der Waals surface area contributed by atoms with E-state index in [0.717, 1.165) is 18.5 Å². The van der Waals surface area contributed by atoms with Crippen molar-refractivity contribution >= 4 is 5.91 Å². The molecule has 2 aliphatic rings. The van der Waals surface area contributed by atoms with E-state index in [1.807, 2.05) is 24.8 Å². The molecule has 1 aliphatic carbocycles. The normalized spacial score (nSPS) is 27.0. The molecule has 1 saturated heterocycles. The zero-order chi connectivity index (χ0) is 17.1. The maximum Gasteiger partial charge on any atom is 0.222 e. The summed E-state index contributed by atoms with van der Waals surface area (Å²) in [5, 5.41) is 4.17. The fraction of sp³-hybridized carbons (Fsp3) is 0.667. The molecule has 1 fully saturated rings. The Kier molecular flexibility index (Phi) is 5.33. The summed E-state index contributed by atoms with van der Waals surface area (Å²) in [6.45, 7) is 1.70. The van der Waals surface area contributed by atoms with Crippen LogP contribution in [0.15, 0.2) is 24.4 Å². The number of halogens is 1. The number of carbonyl (C=O) groups is 1. The average molecular weight is 334 g/mol. The summed E-state index contributed by atoms with van der Waals surface area (Å²) in [5.41, 5.74) is 1.07. The summed E-state index contributed by atoms with van der Waals surface area (Å²) in [5.74, 6) is 0.539. The molecule has 1 aliphatic heterocycles. The van der Waals surface area contributed by atoms with Crippen LogP contribution >= 0.6 is 0 Å². The number of likely N-dealkylation sites (N-methyl/N-ethyl adjacent to an activating group) is 1. The first kappa shape index (κ1) is 17.1. The summed E-state index contributed by atoms with van der Waals surface area (Å²) in [6.07, 6.45) is 8.46. The Labute approximate surface area is 143 Å². The Balaban J connectivity index is 1.56. The van der Waals surface area contributed by atoms with Crippen molar-refractivity contribution in [3.05, 3.63) is 30.1 Å². The molecule has 3 atom stereocenters. The fourth-order valence-corrected chi connectivity index (χ4v) is 3.73. The summed E-state index contributed by atoms with van der Waals surface area (Å²) in [6, 6.07) is 2.03. The maximum atomic E-state index is 14.0. The molecule has 0 aromatic carbocycles. The topological polar surface area (TPSA) is 41.4 Å². The smallest absolute Gasteiger partial charge is 0.222 e. The Morgan fingerprint density at radius 1 is 1.50 bits per heavy atom. The lowest BCUT2D eigenvalue weighted by atomic mass is 10.0. The maximum absolute atomic E-state index is 14.0. The van der Waals surface area contributed by atoms with Crippen LogP contribution in [-0.2, 0) is 18.4 Å². The molecule has 0 unspecified atom stereocenters. The van der Waals surface area contributed by atoms with Gasteiger partial charge in [0, 0.05) is 52.4 Å². The summed E-state index contributed by atoms with van der Waals surface area (Å²) < 4.78 is 15.8. The molecule has 1 amide bonds. The van der Waals surface area contributed by atoms with Crippen LogP contribution in [0.3, 0.4) is 0 Å². The molecule has 0 spiro atoms. The highest BCUT2D eigenvalue weighted by molar-refractivity contribution is 5.76. The van der Waals surface area contributed by atoms with Crippen LogP contribution < -0.4 is 0 Å². The lowest BCUT2D eigenvalue weighted by molar-refractivity contribution is -0.131. The zero-order valence-corrected chi connectivity index (χ0v) is 14.6. The Bertz CT molecular complexity index is 600. The molecule has 2 heterocycles. The first-order valence-corrected chi connectivity index (χ1v) is 8.78. The van der Waals surface area contributed by atoms with Crippen molar-refractivity contribution < 1.29 is 9.18 Å². The number of hydrogen-bond donors (Lipinski definition) is 0. The number of alkyl halides is 1. The van der Waals surface area contributed by atoms with E-state index in [1.54, 1.807) is 11.1 Å². The molecule has 1 aromatic rings. The molecule has 5 nitrogen and oxygen atoms in total. The van der Waals surface area contributed by atoms with Gasteiger partial charge in [-0.3, -0.25) is 14.4 Å². The standard InChI is InChI=1S/C18H27FN4O/c1-21(18(24)9-14-5-3-4-6-14)12-17-10-15(19)11-23(17)13-16-7-8-20-22(16)2/h3,5,7-8,14-15,17H,4,6,9-13H2,1-2H3/t14-,15+,17+/m1/s1. The van der Waals surface area contributed by atoms with Crippen molar-refractivity contribution in [1.82, 2.24) is 19.6 Å². The number of aryl methyl sites for hydroxylation is 1. The molecule has 0 N–H and O–H groups in total. The number of nitrogens with zero attached hydrogens (tertiary/aromatic N) is 4. The van der Waals surface area contributed by atoms with Gasteiger partial charge in [-0.1, -0.05) is 12.2 Å². The molecule has 0 bridgehead atoms. The van der Waals surface area contributed by atoms with E-state index in [0.29, 0.717) is 38.4 Å². The minimum Gasteiger partial charge on any atom is -0.344 e. The minimum atomic E-state index is -0.815. The SMILES string of the molecule is CN(C[C@@H]1C[C@H](F)CN1Cc1ccnn1C)C(=O)C[C@@H]1C=CCC1. The Hall–Kier alpha value is -1.69. The van der Waals surface area contributed by atoms with E-state index in [-0.39, 0.29) is 11.9 Å². The quantitative estimate of drug-likeness (QED) is 0.749. The summed E-state index contributed by atoms with van der Waals surface area (Å²) in [4.78, 5) is 16.3. The molecule has 24 heavy (non-hydrogen) atoms. The molecule has 3 rings (SSSR count). The van der Waals surface area contributed by atoms with E-state index in [2.05, 4.69) is 22.2 Å². The van der Waals surface area contributed by atoms with Crippen LogP contribution in [0, 0.1) is 5.92 Å². The first-order chi connectivity index (χ1) is 11.5. The average Bonchev–Trinajstić information content (AvgIpc) is 3.24. The molecule has 0 saturated carbocycles. The van der Waals surface area contributed by atoms with Gasteiger partial charge in [0.25, 0.3) is 0 Å². The van der Waals surface area contributed by atoms with Gasteiger partial charge in [0.2, 0.25) is 5.91 Å². The van der Waals surface area contributed by atoms with Gasteiger partial charge in [0.1, 0.15) is 6.17 Å². The third kappa shape index (κ3) is 4.04. The van der Waals surface area contributed by atoms with Crippen molar-refractivity contribution in [3.8, 4) is 0 Å². The molecular weight excluding hydrogens is 307 g/mol. The van der Waals surface area contributed by atoms with Crippen molar-refractivity contribution in [3.63, 3.8) is 0 Å². The second-order valence-corrected chi connectivity index (χ2v) is 7.11.